The summed E-state index contributed by atoms with van der Waals surface area (Å²) >= 11 is 0. The van der Waals surface area contributed by atoms with E-state index in [2.05, 4.69) is 18.2 Å². The summed E-state index contributed by atoms with van der Waals surface area (Å²) in [6.45, 7) is 19.4. The van der Waals surface area contributed by atoms with Gasteiger partial charge in [-0.05, 0) is 66.5 Å². The lowest BCUT2D eigenvalue weighted by Gasteiger charge is -2.28. The van der Waals surface area contributed by atoms with Crippen LogP contribution in [0.5, 0.6) is 0 Å². The highest BCUT2D eigenvalue weighted by Gasteiger charge is 2.73. The predicted molar refractivity (Wildman–Crippen MR) is 134 cm³/mol. The Morgan fingerprint density at radius 3 is 1.85 bits per heavy atom. The molecule has 2 bridgehead atoms. The highest BCUT2D eigenvalue weighted by atomic mass is 16.6. The van der Waals surface area contributed by atoms with E-state index in [1.54, 1.807) is 6.92 Å². The highest BCUT2D eigenvalue weighted by Crippen LogP contribution is 2.61. The third-order valence-corrected chi connectivity index (χ3v) is 7.34. The molecule has 5 atom stereocenters. The minimum absolute atomic E-state index is 0.0227. The molecule has 0 aromatic carbocycles. The van der Waals surface area contributed by atoms with Gasteiger partial charge in [-0.1, -0.05) is 72.6 Å². The molecule has 0 unspecified atom stereocenters. The fourth-order valence-corrected chi connectivity index (χ4v) is 5.34. The molecule has 1 heterocycles. The zero-order valence-electron chi connectivity index (χ0n) is 21.9. The largest absolute Gasteiger partial charge is 0.460 e. The highest BCUT2D eigenvalue weighted by molar-refractivity contribution is 6.10. The lowest BCUT2D eigenvalue weighted by Crippen LogP contribution is -2.41. The maximum absolute atomic E-state index is 12.8. The number of hydrogen-bond donors (Lipinski definition) is 1. The number of Topliss-reactive ketones (excluding diaryl/α,β-unsaturated/α-hetero) is 1. The van der Waals surface area contributed by atoms with Crippen molar-refractivity contribution in [3.63, 3.8) is 0 Å². The van der Waals surface area contributed by atoms with Crippen molar-refractivity contribution < 1.29 is 19.4 Å². The van der Waals surface area contributed by atoms with E-state index in [1.165, 1.54) is 0 Å². The summed E-state index contributed by atoms with van der Waals surface area (Å²) in [6, 6.07) is 0. The maximum Gasteiger partial charge on any atom is 0.320 e. The lowest BCUT2D eigenvalue weighted by atomic mass is 9.68. The van der Waals surface area contributed by atoms with Crippen molar-refractivity contribution in [3.8, 4) is 0 Å². The van der Waals surface area contributed by atoms with Crippen LogP contribution in [-0.4, -0.2) is 29.1 Å². The molecule has 2 rings (SSSR count). The van der Waals surface area contributed by atoms with Crippen LogP contribution < -0.4 is 0 Å². The molecule has 180 valence electrons. The van der Waals surface area contributed by atoms with Crippen molar-refractivity contribution in [2.75, 3.05) is 0 Å². The molecule has 0 radical (unpaired) electrons. The van der Waals surface area contributed by atoms with Gasteiger partial charge < -0.3 is 9.84 Å². The van der Waals surface area contributed by atoms with Crippen molar-refractivity contribution in [2.45, 2.75) is 81.4 Å². The van der Waals surface area contributed by atoms with Crippen LogP contribution in [0.15, 0.2) is 69.9 Å². The van der Waals surface area contributed by atoms with Gasteiger partial charge in [0.15, 0.2) is 5.78 Å². The molecular formula is C29H40O4. The number of aliphatic hydroxyl groups is 1. The number of carbonyl (C=O) groups is 2. The first kappa shape index (κ1) is 26.8. The van der Waals surface area contributed by atoms with Crippen LogP contribution in [0.3, 0.4) is 0 Å². The lowest BCUT2D eigenvalue weighted by molar-refractivity contribution is -0.161. The number of hydrogen-bond acceptors (Lipinski definition) is 4. The van der Waals surface area contributed by atoms with Gasteiger partial charge in [0.1, 0.15) is 11.5 Å². The molecule has 0 amide bonds. The smallest absolute Gasteiger partial charge is 0.320 e. The number of rotatable bonds is 7. The summed E-state index contributed by atoms with van der Waals surface area (Å²) in [5.74, 6) is -0.712. The zero-order chi connectivity index (χ0) is 25.3. The second kappa shape index (κ2) is 9.80. The Balaban J connectivity index is 2.25. The molecule has 0 spiro atoms. The van der Waals surface area contributed by atoms with Gasteiger partial charge in [-0.3, -0.25) is 9.59 Å². The van der Waals surface area contributed by atoms with Crippen LogP contribution in [-0.2, 0) is 14.3 Å². The molecule has 1 saturated heterocycles. The van der Waals surface area contributed by atoms with Crippen LogP contribution >= 0.6 is 0 Å². The molecule has 0 aromatic rings. The van der Waals surface area contributed by atoms with Crippen molar-refractivity contribution in [3.05, 3.63) is 69.9 Å². The first-order chi connectivity index (χ1) is 15.2. The fourth-order valence-electron chi connectivity index (χ4n) is 5.34. The minimum atomic E-state index is -1.12. The summed E-state index contributed by atoms with van der Waals surface area (Å²) in [5, 5.41) is 10.3. The van der Waals surface area contributed by atoms with E-state index in [9.17, 15) is 14.7 Å². The average molecular weight is 453 g/mol. The van der Waals surface area contributed by atoms with Gasteiger partial charge in [-0.25, -0.2) is 0 Å². The number of ether oxygens (including phenoxy) is 1. The van der Waals surface area contributed by atoms with E-state index >= 15 is 0 Å². The van der Waals surface area contributed by atoms with Crippen molar-refractivity contribution >= 4 is 11.8 Å². The topological polar surface area (TPSA) is 63.6 Å². The summed E-state index contributed by atoms with van der Waals surface area (Å²) in [6.07, 6.45) is 11.2. The first-order valence-electron chi connectivity index (χ1n) is 11.7. The summed E-state index contributed by atoms with van der Waals surface area (Å²) < 4.78 is 5.57. The molecule has 1 N–H and O–H groups in total. The number of esters is 1. The van der Waals surface area contributed by atoms with Crippen molar-refractivity contribution in [1.82, 2.24) is 0 Å². The van der Waals surface area contributed by atoms with Gasteiger partial charge in [-0.15, -0.1) is 0 Å². The first-order valence-corrected chi connectivity index (χ1v) is 11.7. The quantitative estimate of drug-likeness (QED) is 0.216. The third kappa shape index (κ3) is 4.91. The van der Waals surface area contributed by atoms with Crippen molar-refractivity contribution in [1.29, 1.82) is 0 Å². The van der Waals surface area contributed by atoms with Gasteiger partial charge in [0.2, 0.25) is 0 Å². The van der Waals surface area contributed by atoms with Crippen molar-refractivity contribution in [2.24, 2.45) is 16.7 Å². The molecule has 2 aliphatic rings. The van der Waals surface area contributed by atoms with E-state index in [1.807, 2.05) is 80.5 Å². The van der Waals surface area contributed by atoms with Crippen LogP contribution in [0, 0.1) is 16.7 Å². The monoisotopic (exact) mass is 452 g/mol. The van der Waals surface area contributed by atoms with Gasteiger partial charge in [-0.2, -0.15) is 0 Å². The molecule has 1 saturated carbocycles. The Bertz CT molecular complexity index is 1020. The molecular weight excluding hydrogens is 412 g/mol. The standard InChI is InChI=1S/C29H40O4/c1-11-21(6)24(30)22(7)15-19(4)13-17(2)12-18(3)14-20(5)16-28(9)26-23(8)25(31)29(28,10)27(32)33-26/h11-16,23-24,26,30H,1-10H3/b17-12-,18-14+,19-13-,20-16+,21-11+,22-15+/t23-,24+,26-,28+,29-/m0/s1. The zero-order valence-corrected chi connectivity index (χ0v) is 21.9. The summed E-state index contributed by atoms with van der Waals surface area (Å²) in [7, 11) is 0. The molecule has 1 aliphatic carbocycles. The summed E-state index contributed by atoms with van der Waals surface area (Å²) in [5.41, 5.74) is 4.31. The molecule has 1 aliphatic heterocycles. The fraction of sp³-hybridized carbons (Fsp3) is 0.517. The van der Waals surface area contributed by atoms with Gasteiger partial charge in [0.05, 0.1) is 12.0 Å². The second-order valence-electron chi connectivity index (χ2n) is 10.3. The number of fused-ring (bicyclic) bond motifs is 2. The SMILES string of the molecule is C/C=C(\C)[C@@H](O)/C(C)=C/C(C)=C\C(C)=C/C(C)=C/C(C)=C/[C@]1(C)[C@H]2OC(=O)[C@]1(C)C(=O)[C@@H]2C. The molecule has 0 aromatic heterocycles. The van der Waals surface area contributed by atoms with E-state index < -0.39 is 29.0 Å². The van der Waals surface area contributed by atoms with E-state index in [-0.39, 0.29) is 11.7 Å². The molecule has 4 heteroatoms. The van der Waals surface area contributed by atoms with E-state index in [0.717, 1.165) is 33.4 Å². The van der Waals surface area contributed by atoms with E-state index in [0.29, 0.717) is 0 Å². The third-order valence-electron chi connectivity index (χ3n) is 7.34. The van der Waals surface area contributed by atoms with Gasteiger partial charge in [0, 0.05) is 5.41 Å². The number of aliphatic hydroxyl groups excluding tert-OH is 1. The van der Waals surface area contributed by atoms with Gasteiger partial charge >= 0.3 is 5.97 Å². The van der Waals surface area contributed by atoms with Crippen LogP contribution in [0.4, 0.5) is 0 Å². The summed E-state index contributed by atoms with van der Waals surface area (Å²) in [4.78, 5) is 25.2. The van der Waals surface area contributed by atoms with Crippen LogP contribution in [0.25, 0.3) is 0 Å². The minimum Gasteiger partial charge on any atom is -0.460 e. The Kier molecular flexibility index (Phi) is 7.96. The number of carbonyl (C=O) groups excluding carboxylic acids is 2. The molecule has 33 heavy (non-hydrogen) atoms. The second-order valence-corrected chi connectivity index (χ2v) is 10.3. The predicted octanol–water partition coefficient (Wildman–Crippen LogP) is 6.20. The Morgan fingerprint density at radius 2 is 1.36 bits per heavy atom. The van der Waals surface area contributed by atoms with Gasteiger partial charge in [0.25, 0.3) is 0 Å². The Morgan fingerprint density at radius 1 is 0.879 bits per heavy atom. The van der Waals surface area contributed by atoms with Crippen LogP contribution in [0.1, 0.15) is 69.2 Å². The number of allylic oxidation sites excluding steroid dienone is 9. The Labute approximate surface area is 199 Å². The molecule has 4 nitrogen and oxygen atoms in total. The number of ketones is 1. The van der Waals surface area contributed by atoms with E-state index in [4.69, 9.17) is 4.74 Å². The maximum atomic E-state index is 12.8. The molecule has 2 fully saturated rings. The average Bonchev–Trinajstić information content (AvgIpc) is 2.98. The Hall–Kier alpha value is -2.46. The van der Waals surface area contributed by atoms with Crippen LogP contribution in [0.2, 0.25) is 0 Å². The normalized spacial score (nSPS) is 33.1.